The Hall–Kier alpha value is -1.70. The average molecular weight is 242 g/mol. The van der Waals surface area contributed by atoms with Crippen molar-refractivity contribution >= 4 is 11.6 Å². The first kappa shape index (κ1) is 12.7. The van der Waals surface area contributed by atoms with Gasteiger partial charge in [-0.25, -0.2) is 0 Å². The van der Waals surface area contributed by atoms with Crippen LogP contribution in [0, 0.1) is 0 Å². The molecule has 0 atom stereocenters. The van der Waals surface area contributed by atoms with Crippen molar-refractivity contribution in [2.45, 2.75) is 39.0 Å². The highest BCUT2D eigenvalue weighted by Gasteiger charge is 2.24. The van der Waals surface area contributed by atoms with Gasteiger partial charge in [0.15, 0.2) is 11.6 Å². The molecule has 18 heavy (non-hydrogen) atoms. The van der Waals surface area contributed by atoms with Crippen LogP contribution in [0.3, 0.4) is 0 Å². The van der Waals surface area contributed by atoms with E-state index in [9.17, 15) is 9.59 Å². The number of ketones is 2. The van der Waals surface area contributed by atoms with E-state index >= 15 is 0 Å². The Bertz CT molecular complexity index is 498. The number of allylic oxidation sites excluding steroid dienone is 2. The second kappa shape index (κ2) is 5.76. The standard InChI is InChI=1S/C16H18O2/c1-2-3-4-5-8-12-11-15(17)13-9-6-7-10-14(13)16(12)18/h6-7,9-11H,2-5,8H2,1H3. The highest BCUT2D eigenvalue weighted by Crippen LogP contribution is 2.24. The van der Waals surface area contributed by atoms with Crippen LogP contribution in [0.2, 0.25) is 0 Å². The Balaban J connectivity index is 2.11. The molecule has 0 aromatic heterocycles. The fourth-order valence-electron chi connectivity index (χ4n) is 2.30. The fourth-order valence-corrected chi connectivity index (χ4v) is 2.30. The van der Waals surface area contributed by atoms with Gasteiger partial charge in [0.2, 0.25) is 0 Å². The van der Waals surface area contributed by atoms with Crippen molar-refractivity contribution in [2.75, 3.05) is 0 Å². The number of carbonyl (C=O) groups is 2. The number of Topliss-reactive ketones (excluding diaryl/α,β-unsaturated/α-hetero) is 1. The molecule has 0 unspecified atom stereocenters. The largest absolute Gasteiger partial charge is 0.289 e. The lowest BCUT2D eigenvalue weighted by atomic mass is 9.87. The van der Waals surface area contributed by atoms with Crippen molar-refractivity contribution in [1.82, 2.24) is 0 Å². The Morgan fingerprint density at radius 1 is 0.944 bits per heavy atom. The van der Waals surface area contributed by atoms with Crippen molar-refractivity contribution in [2.24, 2.45) is 0 Å². The summed E-state index contributed by atoms with van der Waals surface area (Å²) in [7, 11) is 0. The highest BCUT2D eigenvalue weighted by atomic mass is 16.1. The van der Waals surface area contributed by atoms with Crippen LogP contribution in [0.4, 0.5) is 0 Å². The quantitative estimate of drug-likeness (QED) is 0.732. The lowest BCUT2D eigenvalue weighted by Crippen LogP contribution is -2.16. The van der Waals surface area contributed by atoms with Gasteiger partial charge in [0.1, 0.15) is 0 Å². The van der Waals surface area contributed by atoms with Crippen molar-refractivity contribution in [3.8, 4) is 0 Å². The zero-order valence-electron chi connectivity index (χ0n) is 10.7. The lowest BCUT2D eigenvalue weighted by Gasteiger charge is -2.14. The van der Waals surface area contributed by atoms with Crippen molar-refractivity contribution < 1.29 is 9.59 Å². The summed E-state index contributed by atoms with van der Waals surface area (Å²) in [6, 6.07) is 7.07. The Labute approximate surface area is 108 Å². The maximum Gasteiger partial charge on any atom is 0.189 e. The topological polar surface area (TPSA) is 34.1 Å². The summed E-state index contributed by atoms with van der Waals surface area (Å²) in [5.74, 6) is -0.00242. The number of rotatable bonds is 5. The third kappa shape index (κ3) is 2.58. The summed E-state index contributed by atoms with van der Waals surface area (Å²) in [5.41, 5.74) is 1.78. The SMILES string of the molecule is CCCCCCC1=CC(=O)c2ccccc2C1=O. The van der Waals surface area contributed by atoms with Crippen LogP contribution in [0.15, 0.2) is 35.9 Å². The zero-order chi connectivity index (χ0) is 13.0. The summed E-state index contributed by atoms with van der Waals surface area (Å²) in [6.45, 7) is 2.16. The number of unbranched alkanes of at least 4 members (excludes halogenated alkanes) is 3. The molecular formula is C16H18O2. The zero-order valence-corrected chi connectivity index (χ0v) is 10.7. The van der Waals surface area contributed by atoms with Gasteiger partial charge in [-0.15, -0.1) is 0 Å². The van der Waals surface area contributed by atoms with Crippen molar-refractivity contribution in [3.63, 3.8) is 0 Å². The molecule has 0 bridgehead atoms. The average Bonchev–Trinajstić information content (AvgIpc) is 2.40. The van der Waals surface area contributed by atoms with E-state index in [4.69, 9.17) is 0 Å². The van der Waals surface area contributed by atoms with Gasteiger partial charge < -0.3 is 0 Å². The molecule has 0 saturated heterocycles. The second-order valence-electron chi connectivity index (χ2n) is 4.72. The summed E-state index contributed by atoms with van der Waals surface area (Å²) >= 11 is 0. The van der Waals surface area contributed by atoms with E-state index in [1.807, 2.05) is 6.07 Å². The molecule has 0 N–H and O–H groups in total. The molecule has 1 aliphatic carbocycles. The summed E-state index contributed by atoms with van der Waals surface area (Å²) < 4.78 is 0. The molecule has 1 aromatic rings. The molecule has 2 nitrogen and oxygen atoms in total. The van der Waals surface area contributed by atoms with Gasteiger partial charge in [-0.2, -0.15) is 0 Å². The first-order chi connectivity index (χ1) is 8.74. The molecule has 0 heterocycles. The number of carbonyl (C=O) groups excluding carboxylic acids is 2. The lowest BCUT2D eigenvalue weighted by molar-refractivity contribution is 0.0981. The predicted molar refractivity (Wildman–Crippen MR) is 71.9 cm³/mol. The van der Waals surface area contributed by atoms with Gasteiger partial charge in [0.25, 0.3) is 0 Å². The number of hydrogen-bond acceptors (Lipinski definition) is 2. The van der Waals surface area contributed by atoms with E-state index in [1.165, 1.54) is 18.9 Å². The minimum Gasteiger partial charge on any atom is -0.289 e. The predicted octanol–water partition coefficient (Wildman–Crippen LogP) is 3.96. The first-order valence-corrected chi connectivity index (χ1v) is 6.62. The molecule has 0 radical (unpaired) electrons. The molecule has 1 aliphatic rings. The summed E-state index contributed by atoms with van der Waals surface area (Å²) in [4.78, 5) is 24.1. The molecule has 0 spiro atoms. The molecule has 2 rings (SSSR count). The summed E-state index contributed by atoms with van der Waals surface area (Å²) in [5, 5.41) is 0. The smallest absolute Gasteiger partial charge is 0.189 e. The molecule has 0 aliphatic heterocycles. The Morgan fingerprint density at radius 3 is 2.39 bits per heavy atom. The number of fused-ring (bicyclic) bond motifs is 1. The fraction of sp³-hybridized carbons (Fsp3) is 0.375. The van der Waals surface area contributed by atoms with Gasteiger partial charge in [0.05, 0.1) is 0 Å². The molecule has 2 heteroatoms. The number of hydrogen-bond donors (Lipinski definition) is 0. The normalized spacial score (nSPS) is 14.4. The third-order valence-electron chi connectivity index (χ3n) is 3.33. The maximum atomic E-state index is 12.2. The molecule has 0 saturated carbocycles. The summed E-state index contributed by atoms with van der Waals surface area (Å²) in [6.07, 6.45) is 6.72. The van der Waals surface area contributed by atoms with Gasteiger partial charge in [0, 0.05) is 16.7 Å². The van der Waals surface area contributed by atoms with Crippen LogP contribution >= 0.6 is 0 Å². The van der Waals surface area contributed by atoms with Gasteiger partial charge >= 0.3 is 0 Å². The van der Waals surface area contributed by atoms with Crippen LogP contribution < -0.4 is 0 Å². The van der Waals surface area contributed by atoms with Crippen LogP contribution in [-0.2, 0) is 0 Å². The molecule has 1 aromatic carbocycles. The van der Waals surface area contributed by atoms with Gasteiger partial charge in [-0.3, -0.25) is 9.59 Å². The first-order valence-electron chi connectivity index (χ1n) is 6.62. The Morgan fingerprint density at radius 2 is 1.67 bits per heavy atom. The van der Waals surface area contributed by atoms with Crippen LogP contribution in [0.1, 0.15) is 59.7 Å². The molecular weight excluding hydrogens is 224 g/mol. The monoisotopic (exact) mass is 242 g/mol. The minimum atomic E-state index is -0.0318. The van der Waals surface area contributed by atoms with E-state index in [2.05, 4.69) is 6.92 Å². The van der Waals surface area contributed by atoms with E-state index in [-0.39, 0.29) is 11.6 Å². The number of benzene rings is 1. The second-order valence-corrected chi connectivity index (χ2v) is 4.72. The highest BCUT2D eigenvalue weighted by molar-refractivity contribution is 6.24. The molecule has 94 valence electrons. The molecule has 0 fully saturated rings. The van der Waals surface area contributed by atoms with E-state index in [0.29, 0.717) is 16.7 Å². The van der Waals surface area contributed by atoms with Crippen LogP contribution in [0.5, 0.6) is 0 Å². The third-order valence-corrected chi connectivity index (χ3v) is 3.33. The van der Waals surface area contributed by atoms with Crippen molar-refractivity contribution in [1.29, 1.82) is 0 Å². The maximum absolute atomic E-state index is 12.2. The van der Waals surface area contributed by atoms with Gasteiger partial charge in [-0.1, -0.05) is 50.5 Å². The minimum absolute atomic E-state index is 0.0294. The Kier molecular flexibility index (Phi) is 4.08. The van der Waals surface area contributed by atoms with E-state index in [0.717, 1.165) is 19.3 Å². The molecule has 0 amide bonds. The van der Waals surface area contributed by atoms with Gasteiger partial charge in [-0.05, 0) is 18.9 Å². The van der Waals surface area contributed by atoms with E-state index < -0.39 is 0 Å². The van der Waals surface area contributed by atoms with Crippen molar-refractivity contribution in [3.05, 3.63) is 47.0 Å². The van der Waals surface area contributed by atoms with E-state index in [1.54, 1.807) is 18.2 Å². The van der Waals surface area contributed by atoms with Crippen LogP contribution in [0.25, 0.3) is 0 Å². The van der Waals surface area contributed by atoms with Crippen LogP contribution in [-0.4, -0.2) is 11.6 Å².